The molecular formula is C20H32N4O. The fourth-order valence-corrected chi connectivity index (χ4v) is 4.51. The number of imidazole rings is 1. The van der Waals surface area contributed by atoms with Gasteiger partial charge in [0.05, 0.1) is 0 Å². The summed E-state index contributed by atoms with van der Waals surface area (Å²) < 4.78 is 2.37. The Balaban J connectivity index is 1.28. The van der Waals surface area contributed by atoms with Crippen molar-refractivity contribution >= 4 is 5.91 Å². The molecule has 138 valence electrons. The number of carbonyl (C=O) groups excluding carboxylic acids is 1. The molecule has 2 saturated heterocycles. The van der Waals surface area contributed by atoms with Crippen molar-refractivity contribution in [2.75, 3.05) is 32.7 Å². The number of carbonyl (C=O) groups is 1. The summed E-state index contributed by atoms with van der Waals surface area (Å²) in [5, 5.41) is 0. The molecule has 0 aromatic carbocycles. The van der Waals surface area contributed by atoms with Gasteiger partial charge in [0.2, 0.25) is 5.91 Å². The van der Waals surface area contributed by atoms with Crippen LogP contribution in [0.2, 0.25) is 0 Å². The summed E-state index contributed by atoms with van der Waals surface area (Å²) in [4.78, 5) is 22.0. The standard InChI is InChI=1S/C20H32N4O/c1-16(14-22-9-2-3-10-22)20(25)23-11-6-18(7-12-23)19-21-8-13-24(19)15-17-4-5-17/h8,13,16-18H,2-7,9-12,14-15H2,1H3/t16-/m1/s1. The van der Waals surface area contributed by atoms with Gasteiger partial charge in [-0.2, -0.15) is 0 Å². The quantitative estimate of drug-likeness (QED) is 0.797. The van der Waals surface area contributed by atoms with E-state index >= 15 is 0 Å². The third-order valence-corrected chi connectivity index (χ3v) is 6.22. The van der Waals surface area contributed by atoms with Crippen LogP contribution in [0.25, 0.3) is 0 Å². The summed E-state index contributed by atoms with van der Waals surface area (Å²) in [7, 11) is 0. The molecule has 5 heteroatoms. The number of amides is 1. The first kappa shape index (κ1) is 17.1. The molecule has 3 fully saturated rings. The van der Waals surface area contributed by atoms with Crippen LogP contribution in [0.5, 0.6) is 0 Å². The number of piperidine rings is 1. The molecule has 1 aromatic rings. The van der Waals surface area contributed by atoms with Crippen molar-refractivity contribution in [1.82, 2.24) is 19.4 Å². The van der Waals surface area contributed by atoms with E-state index < -0.39 is 0 Å². The van der Waals surface area contributed by atoms with Gasteiger partial charge in [-0.05, 0) is 57.5 Å². The Labute approximate surface area is 151 Å². The first-order valence-corrected chi connectivity index (χ1v) is 10.2. The summed E-state index contributed by atoms with van der Waals surface area (Å²) in [6.45, 7) is 8.31. The Hall–Kier alpha value is -1.36. The third kappa shape index (κ3) is 4.08. The van der Waals surface area contributed by atoms with Crippen molar-refractivity contribution < 1.29 is 4.79 Å². The molecule has 1 aliphatic carbocycles. The maximum absolute atomic E-state index is 12.8. The first-order chi connectivity index (χ1) is 12.2. The van der Waals surface area contributed by atoms with Gasteiger partial charge in [0, 0.05) is 50.4 Å². The summed E-state index contributed by atoms with van der Waals surface area (Å²) >= 11 is 0. The normalized spacial score (nSPS) is 24.0. The lowest BCUT2D eigenvalue weighted by Crippen LogP contribution is -2.43. The third-order valence-electron chi connectivity index (χ3n) is 6.22. The van der Waals surface area contributed by atoms with Gasteiger partial charge in [-0.25, -0.2) is 4.98 Å². The molecule has 1 atom stereocenters. The van der Waals surface area contributed by atoms with Gasteiger partial charge in [0.15, 0.2) is 0 Å². The number of rotatable bonds is 6. The minimum Gasteiger partial charge on any atom is -0.342 e. The molecule has 0 radical (unpaired) electrons. The lowest BCUT2D eigenvalue weighted by Gasteiger charge is -2.34. The molecule has 1 saturated carbocycles. The molecule has 5 nitrogen and oxygen atoms in total. The second-order valence-electron chi connectivity index (χ2n) is 8.39. The predicted octanol–water partition coefficient (Wildman–Crippen LogP) is 2.73. The molecule has 0 spiro atoms. The van der Waals surface area contributed by atoms with Gasteiger partial charge in [-0.1, -0.05) is 6.92 Å². The summed E-state index contributed by atoms with van der Waals surface area (Å²) in [5.74, 6) is 3.13. The summed E-state index contributed by atoms with van der Waals surface area (Å²) in [5.41, 5.74) is 0. The number of aromatic nitrogens is 2. The monoisotopic (exact) mass is 344 g/mol. The van der Waals surface area contributed by atoms with E-state index in [9.17, 15) is 4.79 Å². The minimum atomic E-state index is 0.131. The number of likely N-dealkylation sites (tertiary alicyclic amines) is 2. The average molecular weight is 345 g/mol. The summed E-state index contributed by atoms with van der Waals surface area (Å²) in [6.07, 6.45) is 11.5. The zero-order chi connectivity index (χ0) is 17.2. The van der Waals surface area contributed by atoms with Gasteiger partial charge in [0.1, 0.15) is 5.82 Å². The maximum Gasteiger partial charge on any atom is 0.226 e. The zero-order valence-corrected chi connectivity index (χ0v) is 15.6. The highest BCUT2D eigenvalue weighted by Crippen LogP contribution is 2.33. The van der Waals surface area contributed by atoms with Gasteiger partial charge >= 0.3 is 0 Å². The largest absolute Gasteiger partial charge is 0.342 e. The number of hydrogen-bond donors (Lipinski definition) is 0. The van der Waals surface area contributed by atoms with Crippen LogP contribution < -0.4 is 0 Å². The Morgan fingerprint density at radius 1 is 1.16 bits per heavy atom. The van der Waals surface area contributed by atoms with Crippen LogP contribution in [0.3, 0.4) is 0 Å². The minimum absolute atomic E-state index is 0.131. The van der Waals surface area contributed by atoms with Crippen molar-refractivity contribution in [1.29, 1.82) is 0 Å². The van der Waals surface area contributed by atoms with Crippen LogP contribution in [0.4, 0.5) is 0 Å². The van der Waals surface area contributed by atoms with Crippen LogP contribution in [-0.2, 0) is 11.3 Å². The Kier molecular flexibility index (Phi) is 5.11. The van der Waals surface area contributed by atoms with E-state index in [0.29, 0.717) is 11.8 Å². The lowest BCUT2D eigenvalue weighted by atomic mass is 9.94. The molecule has 0 N–H and O–H groups in total. The van der Waals surface area contributed by atoms with Gasteiger partial charge in [-0.3, -0.25) is 4.79 Å². The highest BCUT2D eigenvalue weighted by Gasteiger charge is 2.30. The Morgan fingerprint density at radius 3 is 2.56 bits per heavy atom. The van der Waals surface area contributed by atoms with E-state index in [0.717, 1.165) is 44.9 Å². The van der Waals surface area contributed by atoms with Crippen molar-refractivity contribution in [2.24, 2.45) is 11.8 Å². The maximum atomic E-state index is 12.8. The molecule has 1 amide bonds. The molecule has 3 aliphatic rings. The zero-order valence-electron chi connectivity index (χ0n) is 15.6. The van der Waals surface area contributed by atoms with Crippen LogP contribution in [0.1, 0.15) is 57.2 Å². The molecule has 4 rings (SSSR count). The van der Waals surface area contributed by atoms with Crippen molar-refractivity contribution in [3.05, 3.63) is 18.2 Å². The SMILES string of the molecule is C[C@H](CN1CCCC1)C(=O)N1CCC(c2nccn2CC2CC2)CC1. The van der Waals surface area contributed by atoms with E-state index in [-0.39, 0.29) is 5.92 Å². The average Bonchev–Trinajstić information content (AvgIpc) is 3.09. The number of hydrogen-bond acceptors (Lipinski definition) is 3. The van der Waals surface area contributed by atoms with Crippen molar-refractivity contribution in [3.8, 4) is 0 Å². The first-order valence-electron chi connectivity index (χ1n) is 10.2. The number of nitrogens with zero attached hydrogens (tertiary/aromatic N) is 4. The Morgan fingerprint density at radius 2 is 1.88 bits per heavy atom. The van der Waals surface area contributed by atoms with Crippen LogP contribution in [0, 0.1) is 11.8 Å². The van der Waals surface area contributed by atoms with Gasteiger partial charge < -0.3 is 14.4 Å². The van der Waals surface area contributed by atoms with Crippen molar-refractivity contribution in [2.45, 2.75) is 57.9 Å². The molecule has 3 heterocycles. The van der Waals surface area contributed by atoms with E-state index in [1.165, 1.54) is 44.6 Å². The Bertz CT molecular complexity index is 580. The lowest BCUT2D eigenvalue weighted by molar-refractivity contribution is -0.136. The van der Waals surface area contributed by atoms with E-state index in [2.05, 4.69) is 32.5 Å². The van der Waals surface area contributed by atoms with Gasteiger partial charge in [-0.15, -0.1) is 0 Å². The van der Waals surface area contributed by atoms with E-state index in [1.54, 1.807) is 0 Å². The van der Waals surface area contributed by atoms with Crippen LogP contribution in [0.15, 0.2) is 12.4 Å². The molecule has 1 aromatic heterocycles. The molecule has 0 bridgehead atoms. The topological polar surface area (TPSA) is 41.4 Å². The molecular weight excluding hydrogens is 312 g/mol. The second kappa shape index (κ2) is 7.48. The van der Waals surface area contributed by atoms with E-state index in [4.69, 9.17) is 0 Å². The molecule has 0 unspecified atom stereocenters. The second-order valence-corrected chi connectivity index (χ2v) is 8.39. The summed E-state index contributed by atoms with van der Waals surface area (Å²) in [6, 6.07) is 0. The smallest absolute Gasteiger partial charge is 0.226 e. The fourth-order valence-electron chi connectivity index (χ4n) is 4.51. The predicted molar refractivity (Wildman–Crippen MR) is 98.3 cm³/mol. The van der Waals surface area contributed by atoms with Gasteiger partial charge in [0.25, 0.3) is 0 Å². The fraction of sp³-hybridized carbons (Fsp3) is 0.800. The highest BCUT2D eigenvalue weighted by molar-refractivity contribution is 5.78. The highest BCUT2D eigenvalue weighted by atomic mass is 16.2. The molecule has 25 heavy (non-hydrogen) atoms. The molecule has 2 aliphatic heterocycles. The van der Waals surface area contributed by atoms with Crippen LogP contribution >= 0.6 is 0 Å². The van der Waals surface area contributed by atoms with Crippen molar-refractivity contribution in [3.63, 3.8) is 0 Å². The van der Waals surface area contributed by atoms with E-state index in [1.807, 2.05) is 6.20 Å². The van der Waals surface area contributed by atoms with Crippen LogP contribution in [-0.4, -0.2) is 58.0 Å².